The minimum Gasteiger partial charge on any atom is -0.369 e. The molecule has 0 aromatic rings. The van der Waals surface area contributed by atoms with Gasteiger partial charge in [0.1, 0.15) is 13.6 Å². The smallest absolute Gasteiger partial charge is 0.147 e. The summed E-state index contributed by atoms with van der Waals surface area (Å²) in [6, 6.07) is 0. The highest BCUT2D eigenvalue weighted by atomic mass is 16.6. The highest BCUT2D eigenvalue weighted by molar-refractivity contribution is 6.35. The SMILES string of the molecule is CC1(C)C[B]CC(O)OC1. The number of hydrogen-bond acceptors (Lipinski definition) is 2. The summed E-state index contributed by atoms with van der Waals surface area (Å²) >= 11 is 0. The molecule has 1 unspecified atom stereocenters. The van der Waals surface area contributed by atoms with E-state index in [4.69, 9.17) is 9.84 Å². The first kappa shape index (κ1) is 8.09. The second-order valence-corrected chi connectivity index (χ2v) is 3.66. The number of aliphatic hydroxyl groups excluding tert-OH is 1. The topological polar surface area (TPSA) is 29.5 Å². The molecule has 10 heavy (non-hydrogen) atoms. The van der Waals surface area contributed by atoms with Gasteiger partial charge in [0.05, 0.1) is 6.61 Å². The quantitative estimate of drug-likeness (QED) is 0.508. The van der Waals surface area contributed by atoms with Gasteiger partial charge < -0.3 is 9.84 Å². The number of hydrogen-bond donors (Lipinski definition) is 1. The number of ether oxygens (including phenoxy) is 1. The molecule has 1 radical (unpaired) electrons. The molecule has 0 aromatic carbocycles. The average molecular weight is 141 g/mol. The number of aliphatic hydroxyl groups is 1. The van der Waals surface area contributed by atoms with Crippen molar-refractivity contribution in [2.75, 3.05) is 6.61 Å². The molecular formula is C7H14BO2. The van der Waals surface area contributed by atoms with E-state index in [1.165, 1.54) is 0 Å². The maximum Gasteiger partial charge on any atom is 0.147 e. The van der Waals surface area contributed by atoms with Gasteiger partial charge in [0.25, 0.3) is 0 Å². The molecule has 1 N–H and O–H groups in total. The van der Waals surface area contributed by atoms with Crippen LogP contribution in [0.15, 0.2) is 0 Å². The molecule has 0 amide bonds. The van der Waals surface area contributed by atoms with Crippen LogP contribution >= 0.6 is 0 Å². The predicted molar refractivity (Wildman–Crippen MR) is 41.1 cm³/mol. The van der Waals surface area contributed by atoms with Crippen molar-refractivity contribution < 1.29 is 9.84 Å². The van der Waals surface area contributed by atoms with Crippen LogP contribution in [0, 0.1) is 5.41 Å². The van der Waals surface area contributed by atoms with Crippen molar-refractivity contribution in [3.05, 3.63) is 0 Å². The van der Waals surface area contributed by atoms with Gasteiger partial charge in [0.15, 0.2) is 0 Å². The molecule has 2 nitrogen and oxygen atoms in total. The second-order valence-electron chi connectivity index (χ2n) is 3.66. The van der Waals surface area contributed by atoms with E-state index in [1.54, 1.807) is 0 Å². The summed E-state index contributed by atoms with van der Waals surface area (Å²) in [6.07, 6.45) is 1.13. The zero-order valence-electron chi connectivity index (χ0n) is 6.63. The van der Waals surface area contributed by atoms with Crippen LogP contribution in [0.25, 0.3) is 0 Å². The standard InChI is InChI=1S/C7H14BO2/c1-7(2)4-8-3-6(9)10-5-7/h6,9H,3-5H2,1-2H3. The molecule has 0 saturated carbocycles. The Balaban J connectivity index is 2.41. The Labute approximate surface area is 62.8 Å². The Morgan fingerprint density at radius 3 is 3.00 bits per heavy atom. The maximum absolute atomic E-state index is 9.07. The van der Waals surface area contributed by atoms with Crippen LogP contribution in [-0.4, -0.2) is 25.3 Å². The van der Waals surface area contributed by atoms with Crippen molar-refractivity contribution in [1.29, 1.82) is 0 Å². The molecule has 0 spiro atoms. The Morgan fingerprint density at radius 1 is 1.60 bits per heavy atom. The van der Waals surface area contributed by atoms with Gasteiger partial charge in [-0.1, -0.05) is 20.2 Å². The monoisotopic (exact) mass is 141 g/mol. The highest BCUT2D eigenvalue weighted by Crippen LogP contribution is 2.25. The minimum absolute atomic E-state index is 0.206. The van der Waals surface area contributed by atoms with Gasteiger partial charge in [-0.25, -0.2) is 0 Å². The van der Waals surface area contributed by atoms with Gasteiger partial charge in [0.2, 0.25) is 0 Å². The zero-order valence-corrected chi connectivity index (χ0v) is 6.63. The van der Waals surface area contributed by atoms with Crippen molar-refractivity contribution >= 4 is 7.28 Å². The lowest BCUT2D eigenvalue weighted by Gasteiger charge is -2.21. The summed E-state index contributed by atoms with van der Waals surface area (Å²) < 4.78 is 5.14. The number of rotatable bonds is 0. The van der Waals surface area contributed by atoms with Crippen LogP contribution in [0.3, 0.4) is 0 Å². The minimum atomic E-state index is -0.568. The molecule has 1 aliphatic rings. The van der Waals surface area contributed by atoms with Crippen molar-refractivity contribution in [2.45, 2.75) is 32.8 Å². The van der Waals surface area contributed by atoms with Crippen LogP contribution in [0.4, 0.5) is 0 Å². The van der Waals surface area contributed by atoms with E-state index in [9.17, 15) is 0 Å². The van der Waals surface area contributed by atoms with Gasteiger partial charge in [-0.3, -0.25) is 0 Å². The Morgan fingerprint density at radius 2 is 2.30 bits per heavy atom. The molecule has 1 rings (SSSR count). The van der Waals surface area contributed by atoms with Crippen molar-refractivity contribution in [3.8, 4) is 0 Å². The lowest BCUT2D eigenvalue weighted by Crippen LogP contribution is -2.19. The van der Waals surface area contributed by atoms with E-state index >= 15 is 0 Å². The first-order valence-corrected chi connectivity index (χ1v) is 3.71. The summed E-state index contributed by atoms with van der Waals surface area (Å²) in [5.41, 5.74) is 0.206. The largest absolute Gasteiger partial charge is 0.369 e. The lowest BCUT2D eigenvalue weighted by atomic mass is 9.63. The van der Waals surface area contributed by atoms with E-state index in [2.05, 4.69) is 21.1 Å². The van der Waals surface area contributed by atoms with Crippen molar-refractivity contribution in [3.63, 3.8) is 0 Å². The molecule has 1 saturated heterocycles. The zero-order chi connectivity index (χ0) is 7.61. The normalized spacial score (nSPS) is 32.5. The molecule has 1 fully saturated rings. The van der Waals surface area contributed by atoms with Crippen LogP contribution in [0.5, 0.6) is 0 Å². The summed E-state index contributed by atoms with van der Waals surface area (Å²) in [5.74, 6) is 0. The van der Waals surface area contributed by atoms with Crippen molar-refractivity contribution in [2.24, 2.45) is 5.41 Å². The Kier molecular flexibility index (Phi) is 2.37. The maximum atomic E-state index is 9.07. The Bertz CT molecular complexity index is 114. The average Bonchev–Trinajstić information content (AvgIpc) is 1.94. The van der Waals surface area contributed by atoms with Gasteiger partial charge >= 0.3 is 0 Å². The van der Waals surface area contributed by atoms with E-state index in [-0.39, 0.29) is 5.41 Å². The van der Waals surface area contributed by atoms with Gasteiger partial charge in [-0.2, -0.15) is 0 Å². The molecule has 1 atom stereocenters. The van der Waals surface area contributed by atoms with Gasteiger partial charge in [0, 0.05) is 0 Å². The summed E-state index contributed by atoms with van der Waals surface area (Å²) in [6.45, 7) is 4.94. The highest BCUT2D eigenvalue weighted by Gasteiger charge is 2.23. The molecule has 0 bridgehead atoms. The molecule has 3 heteroatoms. The summed E-state index contributed by atoms with van der Waals surface area (Å²) in [4.78, 5) is 0. The van der Waals surface area contributed by atoms with Crippen LogP contribution in [0.1, 0.15) is 13.8 Å². The van der Waals surface area contributed by atoms with Gasteiger partial charge in [-0.05, 0) is 11.7 Å². The third-order valence-corrected chi connectivity index (χ3v) is 1.73. The predicted octanol–water partition coefficient (Wildman–Crippen LogP) is 0.902. The Hall–Kier alpha value is -0.0151. The fraction of sp³-hybridized carbons (Fsp3) is 1.00. The van der Waals surface area contributed by atoms with Crippen LogP contribution in [-0.2, 0) is 4.74 Å². The molecule has 0 aliphatic carbocycles. The van der Waals surface area contributed by atoms with Crippen molar-refractivity contribution in [1.82, 2.24) is 0 Å². The molecular weight excluding hydrogens is 127 g/mol. The summed E-state index contributed by atoms with van der Waals surface area (Å²) in [5, 5.41) is 9.07. The van der Waals surface area contributed by atoms with Crippen LogP contribution in [0.2, 0.25) is 12.6 Å². The van der Waals surface area contributed by atoms with E-state index < -0.39 is 6.29 Å². The summed E-state index contributed by atoms with van der Waals surface area (Å²) in [7, 11) is 2.09. The first-order valence-electron chi connectivity index (χ1n) is 3.71. The van der Waals surface area contributed by atoms with Crippen LogP contribution < -0.4 is 0 Å². The molecule has 0 aromatic heterocycles. The van der Waals surface area contributed by atoms with E-state index in [1.807, 2.05) is 0 Å². The fourth-order valence-electron chi connectivity index (χ4n) is 1.07. The first-order chi connectivity index (χ1) is 4.60. The van der Waals surface area contributed by atoms with Gasteiger partial charge in [-0.15, -0.1) is 0 Å². The second kappa shape index (κ2) is 2.93. The van der Waals surface area contributed by atoms with E-state index in [0.29, 0.717) is 12.9 Å². The third kappa shape index (κ3) is 2.31. The molecule has 1 heterocycles. The molecule has 1 aliphatic heterocycles. The molecule has 57 valence electrons. The van der Waals surface area contributed by atoms with E-state index in [0.717, 1.165) is 6.32 Å². The fourth-order valence-corrected chi connectivity index (χ4v) is 1.07. The lowest BCUT2D eigenvalue weighted by molar-refractivity contribution is -0.101. The third-order valence-electron chi connectivity index (χ3n) is 1.73.